The van der Waals surface area contributed by atoms with Crippen LogP contribution < -0.4 is 5.43 Å². The van der Waals surface area contributed by atoms with Gasteiger partial charge in [0.15, 0.2) is 0 Å². The lowest BCUT2D eigenvalue weighted by Crippen LogP contribution is -2.24. The molecule has 118 valence electrons. The fraction of sp³-hybridized carbons (Fsp3) is 0.300. The lowest BCUT2D eigenvalue weighted by molar-refractivity contribution is -0.122. The van der Waals surface area contributed by atoms with Crippen LogP contribution in [-0.4, -0.2) is 11.6 Å². The van der Waals surface area contributed by atoms with E-state index in [2.05, 4.69) is 36.5 Å². The van der Waals surface area contributed by atoms with E-state index in [1.54, 1.807) is 0 Å². The van der Waals surface area contributed by atoms with Crippen molar-refractivity contribution in [2.24, 2.45) is 16.9 Å². The molecule has 0 aliphatic heterocycles. The highest BCUT2D eigenvalue weighted by Gasteiger charge is 2.43. The first-order valence-corrected chi connectivity index (χ1v) is 8.14. The van der Waals surface area contributed by atoms with Crippen molar-refractivity contribution >= 4 is 11.6 Å². The summed E-state index contributed by atoms with van der Waals surface area (Å²) in [6, 6.07) is 20.2. The molecule has 0 radical (unpaired) electrons. The van der Waals surface area contributed by atoms with Crippen LogP contribution in [0.25, 0.3) is 0 Å². The first-order chi connectivity index (χ1) is 11.2. The number of hydrogen-bond acceptors (Lipinski definition) is 2. The Labute approximate surface area is 137 Å². The summed E-state index contributed by atoms with van der Waals surface area (Å²) in [5.74, 6) is 0.658. The van der Waals surface area contributed by atoms with Crippen molar-refractivity contribution in [1.29, 1.82) is 0 Å². The summed E-state index contributed by atoms with van der Waals surface area (Å²) in [7, 11) is 0. The van der Waals surface area contributed by atoms with Gasteiger partial charge in [0.2, 0.25) is 5.91 Å². The van der Waals surface area contributed by atoms with Crippen LogP contribution in [0.5, 0.6) is 0 Å². The number of rotatable bonds is 5. The maximum atomic E-state index is 12.3. The molecular weight excluding hydrogens is 284 g/mol. The van der Waals surface area contributed by atoms with Gasteiger partial charge >= 0.3 is 0 Å². The Morgan fingerprint density at radius 3 is 2.26 bits per heavy atom. The standard InChI is InChI=1S/C20H22N2O/c1-14(2)19(16-11-7-4-8-12-16)21-22-20(23)18-13-17(18)15-9-5-3-6-10-15/h3-12,14,17-18H,13H2,1-2H3,(H,22,23)/b21-19+. The Bertz CT molecular complexity index is 692. The van der Waals surface area contributed by atoms with E-state index in [0.717, 1.165) is 17.7 Å². The van der Waals surface area contributed by atoms with Gasteiger partial charge in [-0.25, -0.2) is 5.43 Å². The largest absolute Gasteiger partial charge is 0.273 e. The zero-order valence-corrected chi connectivity index (χ0v) is 13.6. The van der Waals surface area contributed by atoms with Gasteiger partial charge < -0.3 is 0 Å². The molecule has 1 saturated carbocycles. The molecule has 0 bridgehead atoms. The van der Waals surface area contributed by atoms with E-state index in [0.29, 0.717) is 5.92 Å². The van der Waals surface area contributed by atoms with Crippen LogP contribution in [0.1, 0.15) is 37.3 Å². The van der Waals surface area contributed by atoms with Gasteiger partial charge in [-0.1, -0.05) is 74.5 Å². The SMILES string of the molecule is CC(C)/C(=N\NC(=O)C1CC1c1ccccc1)c1ccccc1. The van der Waals surface area contributed by atoms with E-state index < -0.39 is 0 Å². The summed E-state index contributed by atoms with van der Waals surface area (Å²) in [6.45, 7) is 4.17. The van der Waals surface area contributed by atoms with Crippen molar-refractivity contribution < 1.29 is 4.79 Å². The lowest BCUT2D eigenvalue weighted by Gasteiger charge is -2.10. The molecule has 2 unspecified atom stereocenters. The normalized spacial score (nSPS) is 20.4. The van der Waals surface area contributed by atoms with Gasteiger partial charge in [0.25, 0.3) is 0 Å². The topological polar surface area (TPSA) is 41.5 Å². The predicted octanol–water partition coefficient (Wildman–Crippen LogP) is 3.97. The van der Waals surface area contributed by atoms with E-state index in [1.807, 2.05) is 48.5 Å². The van der Waals surface area contributed by atoms with E-state index in [4.69, 9.17) is 0 Å². The molecule has 3 rings (SSSR count). The number of nitrogens with zero attached hydrogens (tertiary/aromatic N) is 1. The monoisotopic (exact) mass is 306 g/mol. The summed E-state index contributed by atoms with van der Waals surface area (Å²) in [5.41, 5.74) is 5.98. The average molecular weight is 306 g/mol. The van der Waals surface area contributed by atoms with E-state index in [1.165, 1.54) is 5.56 Å². The molecule has 2 aromatic carbocycles. The van der Waals surface area contributed by atoms with Crippen LogP contribution in [0.2, 0.25) is 0 Å². The highest BCUT2D eigenvalue weighted by Crippen LogP contribution is 2.47. The average Bonchev–Trinajstić information content (AvgIpc) is 3.37. The minimum Gasteiger partial charge on any atom is -0.273 e. The van der Waals surface area contributed by atoms with E-state index >= 15 is 0 Å². The highest BCUT2D eigenvalue weighted by molar-refractivity contribution is 6.02. The maximum absolute atomic E-state index is 12.3. The van der Waals surface area contributed by atoms with Crippen LogP contribution >= 0.6 is 0 Å². The molecule has 1 aliphatic rings. The third-order valence-corrected chi connectivity index (χ3v) is 4.26. The molecule has 3 heteroatoms. The Morgan fingerprint density at radius 1 is 1.04 bits per heavy atom. The van der Waals surface area contributed by atoms with Crippen LogP contribution in [0.15, 0.2) is 65.8 Å². The first-order valence-electron chi connectivity index (χ1n) is 8.14. The van der Waals surface area contributed by atoms with Crippen molar-refractivity contribution in [3.63, 3.8) is 0 Å². The zero-order chi connectivity index (χ0) is 16.2. The molecule has 0 spiro atoms. The number of benzene rings is 2. The molecule has 1 fully saturated rings. The second-order valence-corrected chi connectivity index (χ2v) is 6.35. The van der Waals surface area contributed by atoms with Gasteiger partial charge in [0.05, 0.1) is 5.71 Å². The summed E-state index contributed by atoms with van der Waals surface area (Å²) in [6.07, 6.45) is 0.910. The highest BCUT2D eigenvalue weighted by atomic mass is 16.2. The number of hydrogen-bond donors (Lipinski definition) is 1. The van der Waals surface area contributed by atoms with Gasteiger partial charge in [-0.3, -0.25) is 4.79 Å². The van der Waals surface area contributed by atoms with Crippen LogP contribution in [0.4, 0.5) is 0 Å². The first kappa shape index (κ1) is 15.5. The van der Waals surface area contributed by atoms with E-state index in [9.17, 15) is 4.79 Å². The number of nitrogens with one attached hydrogen (secondary N) is 1. The van der Waals surface area contributed by atoms with Gasteiger partial charge in [0, 0.05) is 5.92 Å². The Morgan fingerprint density at radius 2 is 1.65 bits per heavy atom. The van der Waals surface area contributed by atoms with Gasteiger partial charge in [0.1, 0.15) is 0 Å². The minimum atomic E-state index is 0.0212. The summed E-state index contributed by atoms with van der Waals surface area (Å²) >= 11 is 0. The fourth-order valence-corrected chi connectivity index (χ4v) is 2.89. The summed E-state index contributed by atoms with van der Waals surface area (Å²) < 4.78 is 0. The minimum absolute atomic E-state index is 0.0212. The number of carbonyl (C=O) groups excluding carboxylic acids is 1. The molecule has 1 aliphatic carbocycles. The summed E-state index contributed by atoms with van der Waals surface area (Å²) in [5, 5.41) is 4.40. The molecule has 0 aromatic heterocycles. The predicted molar refractivity (Wildman–Crippen MR) is 93.2 cm³/mol. The lowest BCUT2D eigenvalue weighted by atomic mass is 10.0. The molecule has 1 N–H and O–H groups in total. The summed E-state index contributed by atoms with van der Waals surface area (Å²) in [4.78, 5) is 12.3. The second kappa shape index (κ2) is 6.78. The van der Waals surface area contributed by atoms with Crippen molar-refractivity contribution in [2.75, 3.05) is 0 Å². The molecule has 2 atom stereocenters. The smallest absolute Gasteiger partial charge is 0.243 e. The van der Waals surface area contributed by atoms with Crippen molar-refractivity contribution in [3.8, 4) is 0 Å². The molecule has 3 nitrogen and oxygen atoms in total. The molecule has 23 heavy (non-hydrogen) atoms. The number of hydrazone groups is 1. The third-order valence-electron chi connectivity index (χ3n) is 4.26. The van der Waals surface area contributed by atoms with Crippen LogP contribution in [0.3, 0.4) is 0 Å². The Hall–Kier alpha value is -2.42. The van der Waals surface area contributed by atoms with Crippen LogP contribution in [-0.2, 0) is 4.79 Å². The van der Waals surface area contributed by atoms with E-state index in [-0.39, 0.29) is 17.7 Å². The molecular formula is C20H22N2O. The number of amides is 1. The van der Waals surface area contributed by atoms with Gasteiger partial charge in [-0.2, -0.15) is 5.10 Å². The maximum Gasteiger partial charge on any atom is 0.243 e. The van der Waals surface area contributed by atoms with Crippen molar-refractivity contribution in [3.05, 3.63) is 71.8 Å². The third kappa shape index (κ3) is 3.67. The van der Waals surface area contributed by atoms with Gasteiger partial charge in [-0.05, 0) is 29.4 Å². The van der Waals surface area contributed by atoms with Crippen LogP contribution in [0, 0.1) is 11.8 Å². The zero-order valence-electron chi connectivity index (χ0n) is 13.6. The molecule has 2 aromatic rings. The second-order valence-electron chi connectivity index (χ2n) is 6.35. The van der Waals surface area contributed by atoms with Gasteiger partial charge in [-0.15, -0.1) is 0 Å². The quantitative estimate of drug-likeness (QED) is 0.659. The molecule has 0 heterocycles. The molecule has 1 amide bonds. The molecule has 0 saturated heterocycles. The van der Waals surface area contributed by atoms with Crippen molar-refractivity contribution in [1.82, 2.24) is 5.43 Å². The number of carbonyl (C=O) groups is 1. The van der Waals surface area contributed by atoms with Crippen molar-refractivity contribution in [2.45, 2.75) is 26.2 Å². The Balaban J connectivity index is 1.66. The fourth-order valence-electron chi connectivity index (χ4n) is 2.89. The Kier molecular flexibility index (Phi) is 4.56.